The number of carbonyl (C=O) groups excluding carboxylic acids is 2. The molecule has 0 bridgehead atoms. The maximum atomic E-state index is 13.1. The molecule has 25 heavy (non-hydrogen) atoms. The van der Waals surface area contributed by atoms with Crippen LogP contribution in [0.25, 0.3) is 0 Å². The van der Waals surface area contributed by atoms with Crippen LogP contribution in [0.5, 0.6) is 0 Å². The van der Waals surface area contributed by atoms with Crippen LogP contribution in [-0.4, -0.2) is 11.6 Å². The minimum Gasteiger partial charge on any atom is -0.299 e. The molecule has 1 spiro atoms. The number of hydrogen-bond acceptors (Lipinski definition) is 2. The number of carbonyl (C=O) groups is 2. The third kappa shape index (κ3) is 1.48. The van der Waals surface area contributed by atoms with Crippen LogP contribution in [0.2, 0.25) is 0 Å². The van der Waals surface area contributed by atoms with Gasteiger partial charge in [-0.15, -0.1) is 0 Å². The van der Waals surface area contributed by atoms with Crippen molar-refractivity contribution in [2.24, 2.45) is 39.9 Å². The monoisotopic (exact) mass is 336 g/mol. The molecular weight excluding hydrogens is 308 g/mol. The first-order valence-corrected chi connectivity index (χ1v) is 10.4. The standard InChI is InChI=1S/C23H28O2/c1-21-7-4-17-20-15-12-14(15)18-11-13(24)3-9-22(18,2)16(20)5-10-23(17,21)19(25)6-8-21/h4,11,14-16,20H,3,5-10,12H2,1-2H3/t14-,15?,16?,20?,21-,22?,23?/m0/s1. The summed E-state index contributed by atoms with van der Waals surface area (Å²) in [5.74, 6) is 3.53. The topological polar surface area (TPSA) is 34.1 Å². The first-order chi connectivity index (χ1) is 11.9. The maximum Gasteiger partial charge on any atom is 0.155 e. The van der Waals surface area contributed by atoms with Gasteiger partial charge in [0.2, 0.25) is 0 Å². The summed E-state index contributed by atoms with van der Waals surface area (Å²) < 4.78 is 0. The predicted octanol–water partition coefficient (Wildman–Crippen LogP) is 4.64. The number of rotatable bonds is 0. The molecule has 6 aliphatic rings. The summed E-state index contributed by atoms with van der Waals surface area (Å²) in [6.07, 6.45) is 12.8. The molecule has 4 saturated carbocycles. The SMILES string of the molecule is CC12CCC(=O)C=C1[C@H]1CC1C1C3=CC[C@@]4(C)CCC(=O)C34CCC12. The van der Waals surface area contributed by atoms with E-state index in [1.54, 1.807) is 5.57 Å². The van der Waals surface area contributed by atoms with E-state index >= 15 is 0 Å². The van der Waals surface area contributed by atoms with Gasteiger partial charge >= 0.3 is 0 Å². The van der Waals surface area contributed by atoms with Crippen molar-refractivity contribution < 1.29 is 9.59 Å². The molecule has 132 valence electrons. The number of ketones is 2. The van der Waals surface area contributed by atoms with E-state index in [0.29, 0.717) is 29.3 Å². The molecule has 7 atom stereocenters. The van der Waals surface area contributed by atoms with Crippen LogP contribution in [0.1, 0.15) is 65.2 Å². The summed E-state index contributed by atoms with van der Waals surface area (Å²) in [4.78, 5) is 25.2. The Hall–Kier alpha value is -1.18. The fraction of sp³-hybridized carbons (Fsp3) is 0.739. The van der Waals surface area contributed by atoms with E-state index in [-0.39, 0.29) is 16.2 Å². The fourth-order valence-corrected chi connectivity index (χ4v) is 8.30. The lowest BCUT2D eigenvalue weighted by atomic mass is 9.46. The zero-order valence-corrected chi connectivity index (χ0v) is 15.4. The number of hydrogen-bond donors (Lipinski definition) is 0. The summed E-state index contributed by atoms with van der Waals surface area (Å²) in [6.45, 7) is 4.84. The maximum absolute atomic E-state index is 13.1. The Balaban J connectivity index is 1.49. The quantitative estimate of drug-likeness (QED) is 0.604. The number of fused-ring (bicyclic) bond motifs is 7. The molecule has 4 fully saturated rings. The number of allylic oxidation sites excluding steroid dienone is 4. The van der Waals surface area contributed by atoms with Crippen molar-refractivity contribution in [3.8, 4) is 0 Å². The highest BCUT2D eigenvalue weighted by Gasteiger charge is 2.71. The Morgan fingerprint density at radius 1 is 1.04 bits per heavy atom. The second-order valence-electron chi connectivity index (χ2n) is 10.4. The van der Waals surface area contributed by atoms with Gasteiger partial charge in [0.1, 0.15) is 5.78 Å². The molecule has 0 heterocycles. The molecule has 6 aliphatic carbocycles. The molecule has 0 amide bonds. The average molecular weight is 336 g/mol. The van der Waals surface area contributed by atoms with Crippen molar-refractivity contribution in [3.63, 3.8) is 0 Å². The first kappa shape index (κ1) is 14.9. The zero-order chi connectivity index (χ0) is 17.2. The average Bonchev–Trinajstić information content (AvgIpc) is 3.27. The van der Waals surface area contributed by atoms with Gasteiger partial charge in [0, 0.05) is 12.8 Å². The van der Waals surface area contributed by atoms with Gasteiger partial charge in [0.25, 0.3) is 0 Å². The third-order valence-electron chi connectivity index (χ3n) is 9.68. The minimum absolute atomic E-state index is 0.108. The van der Waals surface area contributed by atoms with Crippen molar-refractivity contribution in [1.82, 2.24) is 0 Å². The van der Waals surface area contributed by atoms with Crippen LogP contribution >= 0.6 is 0 Å². The molecule has 0 N–H and O–H groups in total. The van der Waals surface area contributed by atoms with Crippen molar-refractivity contribution in [3.05, 3.63) is 23.3 Å². The molecule has 6 rings (SSSR count). The van der Waals surface area contributed by atoms with Crippen molar-refractivity contribution in [2.75, 3.05) is 0 Å². The molecule has 0 aromatic carbocycles. The molecule has 0 saturated heterocycles. The van der Waals surface area contributed by atoms with E-state index in [4.69, 9.17) is 0 Å². The predicted molar refractivity (Wildman–Crippen MR) is 95.7 cm³/mol. The number of Topliss-reactive ketones (excluding diaryl/α,β-unsaturated/α-hetero) is 1. The van der Waals surface area contributed by atoms with Crippen molar-refractivity contribution >= 4 is 11.6 Å². The second kappa shape index (κ2) is 4.21. The Morgan fingerprint density at radius 3 is 2.72 bits per heavy atom. The molecule has 0 aromatic rings. The summed E-state index contributed by atoms with van der Waals surface area (Å²) in [5.41, 5.74) is 3.36. The van der Waals surface area contributed by atoms with Crippen molar-refractivity contribution in [2.45, 2.75) is 65.2 Å². The molecule has 2 nitrogen and oxygen atoms in total. The van der Waals surface area contributed by atoms with Gasteiger partial charge in [-0.3, -0.25) is 9.59 Å². The van der Waals surface area contributed by atoms with Crippen LogP contribution in [-0.2, 0) is 9.59 Å². The van der Waals surface area contributed by atoms with Crippen LogP contribution < -0.4 is 0 Å². The van der Waals surface area contributed by atoms with Crippen LogP contribution in [0.15, 0.2) is 23.3 Å². The highest BCUT2D eigenvalue weighted by atomic mass is 16.1. The highest BCUT2D eigenvalue weighted by Crippen LogP contribution is 2.76. The normalized spacial score (nSPS) is 55.4. The third-order valence-corrected chi connectivity index (χ3v) is 9.68. The van der Waals surface area contributed by atoms with E-state index in [9.17, 15) is 9.59 Å². The Morgan fingerprint density at radius 2 is 1.88 bits per heavy atom. The van der Waals surface area contributed by atoms with Crippen LogP contribution in [0, 0.1) is 39.9 Å². The summed E-state index contributed by atoms with van der Waals surface area (Å²) in [6, 6.07) is 0. The van der Waals surface area contributed by atoms with Gasteiger partial charge < -0.3 is 0 Å². The minimum atomic E-state index is -0.108. The molecule has 2 heteroatoms. The smallest absolute Gasteiger partial charge is 0.155 e. The zero-order valence-electron chi connectivity index (χ0n) is 15.4. The summed E-state index contributed by atoms with van der Waals surface area (Å²) >= 11 is 0. The second-order valence-corrected chi connectivity index (χ2v) is 10.4. The van der Waals surface area contributed by atoms with Gasteiger partial charge in [0.05, 0.1) is 5.41 Å². The van der Waals surface area contributed by atoms with E-state index in [1.165, 1.54) is 18.4 Å². The van der Waals surface area contributed by atoms with E-state index in [2.05, 4.69) is 19.9 Å². The highest BCUT2D eigenvalue weighted by molar-refractivity contribution is 5.93. The lowest BCUT2D eigenvalue weighted by molar-refractivity contribution is -0.130. The van der Waals surface area contributed by atoms with Crippen molar-refractivity contribution in [1.29, 1.82) is 0 Å². The van der Waals surface area contributed by atoms with Gasteiger partial charge in [-0.1, -0.05) is 31.1 Å². The molecule has 0 radical (unpaired) electrons. The van der Waals surface area contributed by atoms with Crippen LogP contribution in [0.4, 0.5) is 0 Å². The molecule has 0 aromatic heterocycles. The largest absolute Gasteiger partial charge is 0.299 e. The van der Waals surface area contributed by atoms with E-state index < -0.39 is 0 Å². The fourth-order valence-electron chi connectivity index (χ4n) is 8.30. The molecular formula is C23H28O2. The van der Waals surface area contributed by atoms with E-state index in [1.807, 2.05) is 6.08 Å². The molecule has 5 unspecified atom stereocenters. The van der Waals surface area contributed by atoms with Crippen LogP contribution in [0.3, 0.4) is 0 Å². The van der Waals surface area contributed by atoms with Gasteiger partial charge in [-0.2, -0.15) is 0 Å². The lowest BCUT2D eigenvalue weighted by Gasteiger charge is -2.56. The van der Waals surface area contributed by atoms with Gasteiger partial charge in [-0.05, 0) is 79.1 Å². The summed E-state index contributed by atoms with van der Waals surface area (Å²) in [5, 5.41) is 0. The first-order valence-electron chi connectivity index (χ1n) is 10.4. The Bertz CT molecular complexity index is 788. The Labute approximate surface area is 150 Å². The van der Waals surface area contributed by atoms with E-state index in [0.717, 1.165) is 44.4 Å². The van der Waals surface area contributed by atoms with Gasteiger partial charge in [0.15, 0.2) is 5.78 Å². The molecule has 0 aliphatic heterocycles. The Kier molecular flexibility index (Phi) is 2.51. The lowest BCUT2D eigenvalue weighted by Crippen LogP contribution is -2.52. The van der Waals surface area contributed by atoms with Gasteiger partial charge in [-0.25, -0.2) is 0 Å². The summed E-state index contributed by atoms with van der Waals surface area (Å²) in [7, 11) is 0.